The van der Waals surface area contributed by atoms with Crippen LogP contribution in [-0.4, -0.2) is 43.5 Å². The predicted octanol–water partition coefficient (Wildman–Crippen LogP) is 3.62. The molecular formula is C23H27N3O3. The quantitative estimate of drug-likeness (QED) is 0.633. The van der Waals surface area contributed by atoms with E-state index in [0.717, 1.165) is 16.9 Å². The molecule has 2 aromatic carbocycles. The molecule has 0 aliphatic rings. The number of aromatic nitrogens is 1. The van der Waals surface area contributed by atoms with Crippen LogP contribution in [0.15, 0.2) is 59.0 Å². The molecule has 1 atom stereocenters. The van der Waals surface area contributed by atoms with Crippen LogP contribution in [0.5, 0.6) is 5.75 Å². The second-order valence-electron chi connectivity index (χ2n) is 7.12. The fraction of sp³-hybridized carbons (Fsp3) is 0.304. The standard InChI is InChI=1S/C23H27N3O3/c1-16-20(25-23(29-16)17-9-6-5-7-10-17)14-22(27)24-15-21(26(2)3)18-11-8-12-19(13-18)28-4/h5-13,21H,14-15H2,1-4H3,(H,24,27). The summed E-state index contributed by atoms with van der Waals surface area (Å²) in [4.78, 5) is 19.1. The molecule has 1 N–H and O–H groups in total. The minimum absolute atomic E-state index is 0.0346. The Balaban J connectivity index is 1.65. The molecule has 6 nitrogen and oxygen atoms in total. The Morgan fingerprint density at radius 1 is 1.17 bits per heavy atom. The van der Waals surface area contributed by atoms with Crippen molar-refractivity contribution in [3.63, 3.8) is 0 Å². The zero-order valence-corrected chi connectivity index (χ0v) is 17.3. The van der Waals surface area contributed by atoms with Gasteiger partial charge >= 0.3 is 0 Å². The van der Waals surface area contributed by atoms with Crippen LogP contribution in [0.2, 0.25) is 0 Å². The van der Waals surface area contributed by atoms with E-state index in [-0.39, 0.29) is 18.4 Å². The van der Waals surface area contributed by atoms with Crippen LogP contribution >= 0.6 is 0 Å². The summed E-state index contributed by atoms with van der Waals surface area (Å²) in [5.41, 5.74) is 2.63. The molecule has 1 heterocycles. The van der Waals surface area contributed by atoms with Crippen LogP contribution in [0.25, 0.3) is 11.5 Å². The Kier molecular flexibility index (Phi) is 6.67. The average Bonchev–Trinajstić information content (AvgIpc) is 3.09. The molecule has 3 aromatic rings. The average molecular weight is 393 g/mol. The van der Waals surface area contributed by atoms with Crippen molar-refractivity contribution in [2.75, 3.05) is 27.7 Å². The summed E-state index contributed by atoms with van der Waals surface area (Å²) >= 11 is 0. The van der Waals surface area contributed by atoms with Gasteiger partial charge in [0.05, 0.1) is 25.3 Å². The summed E-state index contributed by atoms with van der Waals surface area (Å²) in [6.07, 6.45) is 0.181. The van der Waals surface area contributed by atoms with Crippen LogP contribution < -0.4 is 10.1 Å². The number of hydrogen-bond acceptors (Lipinski definition) is 5. The highest BCUT2D eigenvalue weighted by Crippen LogP contribution is 2.23. The maximum Gasteiger partial charge on any atom is 0.226 e. The van der Waals surface area contributed by atoms with Crippen molar-refractivity contribution in [2.24, 2.45) is 0 Å². The summed E-state index contributed by atoms with van der Waals surface area (Å²) in [5, 5.41) is 3.02. The van der Waals surface area contributed by atoms with E-state index < -0.39 is 0 Å². The van der Waals surface area contributed by atoms with Crippen molar-refractivity contribution in [1.82, 2.24) is 15.2 Å². The smallest absolute Gasteiger partial charge is 0.226 e. The number of hydrogen-bond donors (Lipinski definition) is 1. The summed E-state index contributed by atoms with van der Waals surface area (Å²) in [5.74, 6) is 1.91. The van der Waals surface area contributed by atoms with Gasteiger partial charge in [-0.15, -0.1) is 0 Å². The highest BCUT2D eigenvalue weighted by Gasteiger charge is 2.18. The molecule has 1 aromatic heterocycles. The summed E-state index contributed by atoms with van der Waals surface area (Å²) in [7, 11) is 5.63. The first-order valence-corrected chi connectivity index (χ1v) is 9.56. The largest absolute Gasteiger partial charge is 0.497 e. The van der Waals surface area contributed by atoms with Gasteiger partial charge in [-0.2, -0.15) is 0 Å². The number of carbonyl (C=O) groups is 1. The lowest BCUT2D eigenvalue weighted by atomic mass is 10.1. The fourth-order valence-electron chi connectivity index (χ4n) is 3.17. The van der Waals surface area contributed by atoms with Gasteiger partial charge in [0, 0.05) is 12.1 Å². The van der Waals surface area contributed by atoms with Gasteiger partial charge in [-0.05, 0) is 50.8 Å². The summed E-state index contributed by atoms with van der Waals surface area (Å²) in [6, 6.07) is 17.6. The second-order valence-corrected chi connectivity index (χ2v) is 7.12. The van der Waals surface area contributed by atoms with E-state index in [9.17, 15) is 4.79 Å². The van der Waals surface area contributed by atoms with Gasteiger partial charge < -0.3 is 19.4 Å². The molecule has 0 bridgehead atoms. The molecule has 0 radical (unpaired) electrons. The molecule has 6 heteroatoms. The Bertz CT molecular complexity index is 951. The topological polar surface area (TPSA) is 67.6 Å². The van der Waals surface area contributed by atoms with Gasteiger partial charge in [0.2, 0.25) is 11.8 Å². The second kappa shape index (κ2) is 9.39. The van der Waals surface area contributed by atoms with Crippen LogP contribution in [0.1, 0.15) is 23.1 Å². The molecule has 29 heavy (non-hydrogen) atoms. The molecule has 0 spiro atoms. The first-order chi connectivity index (χ1) is 14.0. The van der Waals surface area contributed by atoms with Crippen LogP contribution in [0, 0.1) is 6.92 Å². The number of rotatable bonds is 8. The van der Waals surface area contributed by atoms with Crippen molar-refractivity contribution >= 4 is 5.91 Å². The van der Waals surface area contributed by atoms with Crippen LogP contribution in [0.3, 0.4) is 0 Å². The molecule has 0 aliphatic carbocycles. The minimum Gasteiger partial charge on any atom is -0.497 e. The number of benzene rings is 2. The zero-order chi connectivity index (χ0) is 20.8. The number of aryl methyl sites for hydroxylation is 1. The summed E-state index contributed by atoms with van der Waals surface area (Å²) in [6.45, 7) is 2.32. The Hall–Kier alpha value is -3.12. The third-order valence-corrected chi connectivity index (χ3v) is 4.84. The number of carbonyl (C=O) groups excluding carboxylic acids is 1. The normalized spacial score (nSPS) is 12.0. The van der Waals surface area contributed by atoms with Gasteiger partial charge in [-0.3, -0.25) is 4.79 Å². The summed E-state index contributed by atoms with van der Waals surface area (Å²) < 4.78 is 11.1. The van der Waals surface area contributed by atoms with Crippen molar-refractivity contribution in [3.8, 4) is 17.2 Å². The lowest BCUT2D eigenvalue weighted by Gasteiger charge is -2.25. The highest BCUT2D eigenvalue weighted by molar-refractivity contribution is 5.78. The van der Waals surface area contributed by atoms with Gasteiger partial charge in [0.25, 0.3) is 0 Å². The number of amides is 1. The van der Waals surface area contributed by atoms with E-state index >= 15 is 0 Å². The number of likely N-dealkylation sites (N-methyl/N-ethyl adjacent to an activating group) is 1. The Labute approximate surface area is 171 Å². The monoisotopic (exact) mass is 393 g/mol. The highest BCUT2D eigenvalue weighted by atomic mass is 16.5. The van der Waals surface area contributed by atoms with Gasteiger partial charge in [0.1, 0.15) is 11.5 Å². The van der Waals surface area contributed by atoms with Crippen LogP contribution in [-0.2, 0) is 11.2 Å². The first kappa shape index (κ1) is 20.6. The van der Waals surface area contributed by atoms with E-state index in [4.69, 9.17) is 9.15 Å². The number of ether oxygens (including phenoxy) is 1. The SMILES string of the molecule is COc1cccc(C(CNC(=O)Cc2nc(-c3ccccc3)oc2C)N(C)C)c1. The van der Waals surface area contributed by atoms with Crippen LogP contribution in [0.4, 0.5) is 0 Å². The lowest BCUT2D eigenvalue weighted by Crippen LogP contribution is -2.35. The third kappa shape index (κ3) is 5.23. The number of nitrogens with one attached hydrogen (secondary N) is 1. The Morgan fingerprint density at radius 2 is 1.93 bits per heavy atom. The molecular weight excluding hydrogens is 366 g/mol. The van der Waals surface area contributed by atoms with Crippen molar-refractivity contribution in [3.05, 3.63) is 71.6 Å². The number of nitrogens with zero attached hydrogens (tertiary/aromatic N) is 2. The molecule has 0 aliphatic heterocycles. The molecule has 1 unspecified atom stereocenters. The zero-order valence-electron chi connectivity index (χ0n) is 17.3. The van der Waals surface area contributed by atoms with Gasteiger partial charge in [-0.25, -0.2) is 4.98 Å². The van der Waals surface area contributed by atoms with Crippen molar-refractivity contribution < 1.29 is 13.9 Å². The molecule has 0 saturated carbocycles. The number of oxazole rings is 1. The van der Waals surface area contributed by atoms with Crippen molar-refractivity contribution in [1.29, 1.82) is 0 Å². The Morgan fingerprint density at radius 3 is 2.62 bits per heavy atom. The lowest BCUT2D eigenvalue weighted by molar-refractivity contribution is -0.120. The van der Waals surface area contributed by atoms with Gasteiger partial charge in [0.15, 0.2) is 0 Å². The van der Waals surface area contributed by atoms with Gasteiger partial charge in [-0.1, -0.05) is 30.3 Å². The first-order valence-electron chi connectivity index (χ1n) is 9.56. The molecule has 0 fully saturated rings. The molecule has 152 valence electrons. The number of methoxy groups -OCH3 is 1. The predicted molar refractivity (Wildman–Crippen MR) is 113 cm³/mol. The van der Waals surface area contributed by atoms with E-state index in [1.54, 1.807) is 7.11 Å². The maximum atomic E-state index is 12.6. The maximum absolute atomic E-state index is 12.6. The molecule has 0 saturated heterocycles. The third-order valence-electron chi connectivity index (χ3n) is 4.84. The minimum atomic E-state index is -0.0873. The van der Waals surface area contributed by atoms with E-state index in [0.29, 0.717) is 23.9 Å². The van der Waals surface area contributed by atoms with E-state index in [1.807, 2.05) is 75.6 Å². The molecule has 1 amide bonds. The molecule has 3 rings (SSSR count). The van der Waals surface area contributed by atoms with E-state index in [2.05, 4.69) is 15.2 Å². The van der Waals surface area contributed by atoms with E-state index in [1.165, 1.54) is 0 Å². The fourth-order valence-corrected chi connectivity index (χ4v) is 3.17. The van der Waals surface area contributed by atoms with Crippen molar-refractivity contribution in [2.45, 2.75) is 19.4 Å².